The van der Waals surface area contributed by atoms with Crippen LogP contribution >= 0.6 is 0 Å². The summed E-state index contributed by atoms with van der Waals surface area (Å²) in [5.41, 5.74) is 0.108. The monoisotopic (exact) mass is 449 g/mol. The minimum Gasteiger partial charge on any atom is -0.483 e. The van der Waals surface area contributed by atoms with Crippen LogP contribution in [0.15, 0.2) is 30.9 Å². The lowest BCUT2D eigenvalue weighted by atomic mass is 9.59. The Balaban J connectivity index is 1.62. The molecule has 5 rings (SSSR count). The van der Waals surface area contributed by atoms with Crippen molar-refractivity contribution >= 4 is 29.5 Å². The van der Waals surface area contributed by atoms with Gasteiger partial charge in [-0.3, -0.25) is 14.4 Å². The van der Waals surface area contributed by atoms with Crippen molar-refractivity contribution in [1.82, 2.24) is 10.2 Å². The molecule has 4 aliphatic heterocycles. The number of amides is 3. The van der Waals surface area contributed by atoms with Crippen LogP contribution in [0.3, 0.4) is 0 Å². The second-order valence-electron chi connectivity index (χ2n) is 10.7. The lowest BCUT2D eigenvalue weighted by molar-refractivity contribution is -0.148. The van der Waals surface area contributed by atoms with Gasteiger partial charge in [0.2, 0.25) is 17.7 Å². The van der Waals surface area contributed by atoms with Gasteiger partial charge in [-0.1, -0.05) is 26.0 Å². The highest BCUT2D eigenvalue weighted by Gasteiger charge is 2.59. The standard InChI is InChI=1S/C26H31N3O4/c1-6-24(2,3)26(14-17-22(31)29-13-7-8-18(29)21(30)27-17)16-9-10-19-15(20(16)28-23(26)32)11-12-25(4,5)33-19/h6,9-12,17-18H,1,7-8,13-14H2,2-5H3,(H,27,30)(H,28,32)/t17-,18-,26+/m0/s1. The fourth-order valence-electron chi connectivity index (χ4n) is 5.85. The van der Waals surface area contributed by atoms with Gasteiger partial charge in [-0.05, 0) is 56.9 Å². The Morgan fingerprint density at radius 1 is 1.27 bits per heavy atom. The Morgan fingerprint density at radius 2 is 2.03 bits per heavy atom. The van der Waals surface area contributed by atoms with Gasteiger partial charge in [0.25, 0.3) is 0 Å². The molecule has 2 fully saturated rings. The maximum atomic E-state index is 13.8. The van der Waals surface area contributed by atoms with Crippen molar-refractivity contribution in [3.05, 3.63) is 42.0 Å². The summed E-state index contributed by atoms with van der Waals surface area (Å²) in [4.78, 5) is 41.6. The van der Waals surface area contributed by atoms with E-state index in [1.165, 1.54) is 0 Å². The van der Waals surface area contributed by atoms with E-state index in [-0.39, 0.29) is 30.2 Å². The Kier molecular flexibility index (Phi) is 4.58. The highest BCUT2D eigenvalue weighted by atomic mass is 16.5. The van der Waals surface area contributed by atoms with Crippen LogP contribution in [0.1, 0.15) is 58.1 Å². The van der Waals surface area contributed by atoms with E-state index in [1.807, 2.05) is 52.0 Å². The van der Waals surface area contributed by atoms with Gasteiger partial charge < -0.3 is 20.3 Å². The van der Waals surface area contributed by atoms with Crippen molar-refractivity contribution in [1.29, 1.82) is 0 Å². The van der Waals surface area contributed by atoms with E-state index in [4.69, 9.17) is 4.74 Å². The number of nitrogens with zero attached hydrogens (tertiary/aromatic N) is 1. The van der Waals surface area contributed by atoms with Gasteiger partial charge in [0, 0.05) is 17.5 Å². The molecule has 0 saturated carbocycles. The number of piperazine rings is 1. The number of benzene rings is 1. The summed E-state index contributed by atoms with van der Waals surface area (Å²) in [5.74, 6) is 0.266. The van der Waals surface area contributed by atoms with Crippen molar-refractivity contribution in [2.24, 2.45) is 5.41 Å². The first kappa shape index (κ1) is 21.7. The van der Waals surface area contributed by atoms with Crippen LogP contribution in [-0.2, 0) is 19.8 Å². The molecule has 7 heteroatoms. The first-order chi connectivity index (χ1) is 15.5. The first-order valence-corrected chi connectivity index (χ1v) is 11.6. The quantitative estimate of drug-likeness (QED) is 0.692. The second-order valence-corrected chi connectivity index (χ2v) is 10.7. The Hall–Kier alpha value is -3.09. The van der Waals surface area contributed by atoms with Crippen LogP contribution in [0.5, 0.6) is 5.75 Å². The first-order valence-electron chi connectivity index (χ1n) is 11.6. The zero-order valence-corrected chi connectivity index (χ0v) is 19.7. The van der Waals surface area contributed by atoms with Crippen molar-refractivity contribution in [2.45, 2.75) is 70.1 Å². The maximum absolute atomic E-state index is 13.8. The Morgan fingerprint density at radius 3 is 2.76 bits per heavy atom. The van der Waals surface area contributed by atoms with E-state index in [2.05, 4.69) is 17.2 Å². The van der Waals surface area contributed by atoms with Gasteiger partial charge in [-0.25, -0.2) is 0 Å². The van der Waals surface area contributed by atoms with Crippen LogP contribution in [0.4, 0.5) is 5.69 Å². The molecule has 7 nitrogen and oxygen atoms in total. The van der Waals surface area contributed by atoms with E-state index < -0.39 is 22.5 Å². The molecule has 0 aliphatic carbocycles. The largest absolute Gasteiger partial charge is 0.483 e. The molecule has 0 aromatic heterocycles. The zero-order chi connectivity index (χ0) is 23.8. The summed E-state index contributed by atoms with van der Waals surface area (Å²) in [6.45, 7) is 12.5. The third kappa shape index (κ3) is 2.97. The number of rotatable bonds is 4. The average molecular weight is 450 g/mol. The number of hydrogen-bond acceptors (Lipinski definition) is 4. The molecule has 33 heavy (non-hydrogen) atoms. The summed E-state index contributed by atoms with van der Waals surface area (Å²) in [5, 5.41) is 6.02. The van der Waals surface area contributed by atoms with Crippen molar-refractivity contribution < 1.29 is 19.1 Å². The molecule has 0 bridgehead atoms. The van der Waals surface area contributed by atoms with Gasteiger partial charge in [0.1, 0.15) is 23.4 Å². The fourth-order valence-corrected chi connectivity index (χ4v) is 5.85. The number of carbonyl (C=O) groups excluding carboxylic acids is 3. The van der Waals surface area contributed by atoms with Crippen LogP contribution in [0, 0.1) is 5.41 Å². The summed E-state index contributed by atoms with van der Waals surface area (Å²) >= 11 is 0. The molecule has 3 atom stereocenters. The third-order valence-electron chi connectivity index (χ3n) is 7.89. The van der Waals surface area contributed by atoms with E-state index in [0.717, 1.165) is 17.5 Å². The minimum atomic E-state index is -1.08. The minimum absolute atomic E-state index is 0.111. The second kappa shape index (κ2) is 6.95. The molecule has 0 unspecified atom stereocenters. The molecule has 2 saturated heterocycles. The normalized spacial score (nSPS) is 29.6. The van der Waals surface area contributed by atoms with Crippen LogP contribution in [-0.4, -0.2) is 46.9 Å². The van der Waals surface area contributed by atoms with E-state index >= 15 is 0 Å². The number of carbonyl (C=O) groups is 3. The van der Waals surface area contributed by atoms with E-state index in [9.17, 15) is 14.4 Å². The van der Waals surface area contributed by atoms with E-state index in [1.54, 1.807) is 11.0 Å². The summed E-state index contributed by atoms with van der Waals surface area (Å²) in [6, 6.07) is 2.65. The number of fused-ring (bicyclic) bond motifs is 4. The number of anilines is 1. The van der Waals surface area contributed by atoms with Crippen LogP contribution < -0.4 is 15.4 Å². The van der Waals surface area contributed by atoms with Gasteiger partial charge in [-0.15, -0.1) is 6.58 Å². The number of hydrogen-bond donors (Lipinski definition) is 2. The molecule has 1 aromatic rings. The van der Waals surface area contributed by atoms with Gasteiger partial charge >= 0.3 is 0 Å². The summed E-state index contributed by atoms with van der Waals surface area (Å²) in [7, 11) is 0. The topological polar surface area (TPSA) is 87.7 Å². The smallest absolute Gasteiger partial charge is 0.245 e. The van der Waals surface area contributed by atoms with E-state index in [0.29, 0.717) is 24.4 Å². The SMILES string of the molecule is C=CC(C)(C)[C@@]1(C[C@@H]2NC(=O)[C@@H]3CCCN3C2=O)C(=O)Nc2c1ccc1c2C=CC(C)(C)O1. The predicted molar refractivity (Wildman–Crippen MR) is 126 cm³/mol. The fraction of sp³-hybridized carbons (Fsp3) is 0.500. The molecule has 4 aliphatic rings. The van der Waals surface area contributed by atoms with Gasteiger partial charge in [-0.2, -0.15) is 0 Å². The molecule has 174 valence electrons. The molecular formula is C26H31N3O4. The Labute approximate surface area is 194 Å². The number of ether oxygens (including phenoxy) is 1. The summed E-state index contributed by atoms with van der Waals surface area (Å²) < 4.78 is 6.11. The van der Waals surface area contributed by atoms with Gasteiger partial charge in [0.05, 0.1) is 11.1 Å². The molecule has 1 aromatic carbocycles. The predicted octanol–water partition coefficient (Wildman–Crippen LogP) is 3.15. The number of allylic oxidation sites excluding steroid dienone is 1. The van der Waals surface area contributed by atoms with Crippen LogP contribution in [0.25, 0.3) is 6.08 Å². The van der Waals surface area contributed by atoms with Gasteiger partial charge in [0.15, 0.2) is 0 Å². The average Bonchev–Trinajstić information content (AvgIpc) is 3.35. The maximum Gasteiger partial charge on any atom is 0.245 e. The lowest BCUT2D eigenvalue weighted by Crippen LogP contribution is -2.63. The number of nitrogens with one attached hydrogen (secondary N) is 2. The van der Waals surface area contributed by atoms with Crippen molar-refractivity contribution in [2.75, 3.05) is 11.9 Å². The molecule has 3 amide bonds. The molecule has 0 radical (unpaired) electrons. The lowest BCUT2D eigenvalue weighted by Gasteiger charge is -2.44. The highest BCUT2D eigenvalue weighted by molar-refractivity contribution is 6.10. The molecule has 0 spiro atoms. The molecule has 4 heterocycles. The van der Waals surface area contributed by atoms with Crippen molar-refractivity contribution in [3.8, 4) is 5.75 Å². The Bertz CT molecular complexity index is 1120. The highest BCUT2D eigenvalue weighted by Crippen LogP contribution is 2.55. The third-order valence-corrected chi connectivity index (χ3v) is 7.89. The van der Waals surface area contributed by atoms with Crippen LogP contribution in [0.2, 0.25) is 0 Å². The zero-order valence-electron chi connectivity index (χ0n) is 19.7. The van der Waals surface area contributed by atoms with Crippen molar-refractivity contribution in [3.63, 3.8) is 0 Å². The summed E-state index contributed by atoms with van der Waals surface area (Å²) in [6.07, 6.45) is 7.39. The molecule has 2 N–H and O–H groups in total. The molecular weight excluding hydrogens is 418 g/mol.